The highest BCUT2D eigenvalue weighted by Gasteiger charge is 2.11. The molecule has 1 aromatic carbocycles. The Balaban J connectivity index is 2.03. The molecule has 0 atom stereocenters. The maximum atomic E-state index is 4.49. The van der Waals surface area contributed by atoms with Crippen molar-refractivity contribution in [1.29, 1.82) is 0 Å². The molecule has 3 rings (SSSR count). The van der Waals surface area contributed by atoms with Crippen LogP contribution in [0.25, 0.3) is 11.3 Å². The number of aromatic nitrogens is 1. The molecule has 0 saturated carbocycles. The Morgan fingerprint density at radius 3 is 2.62 bits per heavy atom. The van der Waals surface area contributed by atoms with E-state index >= 15 is 0 Å². The lowest BCUT2D eigenvalue weighted by Gasteiger charge is -2.03. The molecule has 2 aromatic rings. The van der Waals surface area contributed by atoms with Crippen molar-refractivity contribution < 1.29 is 0 Å². The predicted octanol–water partition coefficient (Wildman–Crippen LogP) is 3.11. The summed E-state index contributed by atoms with van der Waals surface area (Å²) in [5, 5.41) is 3.33. The van der Waals surface area contributed by atoms with Gasteiger partial charge in [0.2, 0.25) is 0 Å². The van der Waals surface area contributed by atoms with Gasteiger partial charge in [-0.05, 0) is 29.3 Å². The van der Waals surface area contributed by atoms with Crippen LogP contribution in [0, 0.1) is 0 Å². The van der Waals surface area contributed by atoms with Crippen LogP contribution in [0.2, 0.25) is 0 Å². The Bertz CT molecular complexity index is 520. The van der Waals surface area contributed by atoms with Crippen LogP contribution in [-0.2, 0) is 13.1 Å². The molecule has 0 spiro atoms. The van der Waals surface area contributed by atoms with Gasteiger partial charge < -0.3 is 5.32 Å². The van der Waals surface area contributed by atoms with Gasteiger partial charge in [0.15, 0.2) is 0 Å². The van der Waals surface area contributed by atoms with Crippen molar-refractivity contribution >= 4 is 15.9 Å². The molecule has 1 aliphatic rings. The first-order valence-corrected chi connectivity index (χ1v) is 6.07. The van der Waals surface area contributed by atoms with Crippen LogP contribution < -0.4 is 5.32 Å². The van der Waals surface area contributed by atoms with E-state index in [1.54, 1.807) is 0 Å². The Hall–Kier alpha value is -1.19. The first-order chi connectivity index (χ1) is 7.83. The maximum absolute atomic E-state index is 4.49. The highest BCUT2D eigenvalue weighted by atomic mass is 79.9. The van der Waals surface area contributed by atoms with E-state index in [2.05, 4.69) is 44.4 Å². The van der Waals surface area contributed by atoms with Crippen molar-refractivity contribution in [2.45, 2.75) is 13.1 Å². The molecular weight excluding hydrogens is 264 g/mol. The molecule has 0 fully saturated rings. The number of nitrogens with one attached hydrogen (secondary N) is 1. The van der Waals surface area contributed by atoms with Crippen LogP contribution in [-0.4, -0.2) is 4.98 Å². The van der Waals surface area contributed by atoms with E-state index in [0.29, 0.717) is 0 Å². The minimum absolute atomic E-state index is 0.947. The molecule has 1 N–H and O–H groups in total. The molecular formula is C13H11BrN2. The zero-order valence-electron chi connectivity index (χ0n) is 8.70. The van der Waals surface area contributed by atoms with E-state index in [1.807, 2.05) is 18.3 Å². The van der Waals surface area contributed by atoms with Crippen molar-refractivity contribution in [2.24, 2.45) is 0 Å². The van der Waals surface area contributed by atoms with Gasteiger partial charge in [-0.3, -0.25) is 4.98 Å². The number of hydrogen-bond donors (Lipinski definition) is 1. The summed E-state index contributed by atoms with van der Waals surface area (Å²) >= 11 is 3.44. The van der Waals surface area contributed by atoms with Crippen molar-refractivity contribution in [1.82, 2.24) is 10.3 Å². The highest BCUT2D eigenvalue weighted by Crippen LogP contribution is 2.23. The lowest BCUT2D eigenvalue weighted by atomic mass is 10.1. The third-order valence-electron chi connectivity index (χ3n) is 2.85. The lowest BCUT2D eigenvalue weighted by Crippen LogP contribution is -1.99. The van der Waals surface area contributed by atoms with E-state index in [9.17, 15) is 0 Å². The monoisotopic (exact) mass is 274 g/mol. The molecule has 2 heterocycles. The Morgan fingerprint density at radius 1 is 1.06 bits per heavy atom. The van der Waals surface area contributed by atoms with Crippen LogP contribution in [0.5, 0.6) is 0 Å². The van der Waals surface area contributed by atoms with Gasteiger partial charge in [-0.25, -0.2) is 0 Å². The fraction of sp³-hybridized carbons (Fsp3) is 0.154. The zero-order valence-corrected chi connectivity index (χ0v) is 10.3. The molecule has 0 unspecified atom stereocenters. The lowest BCUT2D eigenvalue weighted by molar-refractivity contribution is 0.764. The van der Waals surface area contributed by atoms with Crippen LogP contribution >= 0.6 is 15.9 Å². The third-order valence-corrected chi connectivity index (χ3v) is 3.38. The number of fused-ring (bicyclic) bond motifs is 1. The standard InChI is InChI=1S/C13H11BrN2/c14-12-3-1-9(2-4-12)13-5-10-6-15-7-11(10)8-16-13/h1-5,8,15H,6-7H2. The van der Waals surface area contributed by atoms with Crippen LogP contribution in [0.15, 0.2) is 41.0 Å². The normalized spacial score (nSPS) is 13.8. The van der Waals surface area contributed by atoms with Gasteiger partial charge in [0.25, 0.3) is 0 Å². The van der Waals surface area contributed by atoms with E-state index in [1.165, 1.54) is 11.1 Å². The van der Waals surface area contributed by atoms with E-state index < -0.39 is 0 Å². The molecule has 0 saturated heterocycles. The predicted molar refractivity (Wildman–Crippen MR) is 67.9 cm³/mol. The number of rotatable bonds is 1. The van der Waals surface area contributed by atoms with Crippen LogP contribution in [0.1, 0.15) is 11.1 Å². The van der Waals surface area contributed by atoms with E-state index in [4.69, 9.17) is 0 Å². The van der Waals surface area contributed by atoms with Crippen LogP contribution in [0.3, 0.4) is 0 Å². The average molecular weight is 275 g/mol. The van der Waals surface area contributed by atoms with Crippen LogP contribution in [0.4, 0.5) is 0 Å². The fourth-order valence-corrected chi connectivity index (χ4v) is 2.22. The Kier molecular flexibility index (Phi) is 2.50. The Labute approximate surface area is 103 Å². The van der Waals surface area contributed by atoms with Gasteiger partial charge in [-0.2, -0.15) is 0 Å². The van der Waals surface area contributed by atoms with E-state index in [-0.39, 0.29) is 0 Å². The summed E-state index contributed by atoms with van der Waals surface area (Å²) in [5.41, 5.74) is 4.90. The summed E-state index contributed by atoms with van der Waals surface area (Å²) in [5.74, 6) is 0. The van der Waals surface area contributed by atoms with Gasteiger partial charge in [-0.15, -0.1) is 0 Å². The quantitative estimate of drug-likeness (QED) is 0.865. The summed E-state index contributed by atoms with van der Waals surface area (Å²) in [6.07, 6.45) is 1.98. The number of benzene rings is 1. The van der Waals surface area contributed by atoms with Crippen molar-refractivity contribution in [3.05, 3.63) is 52.1 Å². The SMILES string of the molecule is Brc1ccc(-c2cc3c(cn2)CNC3)cc1. The first-order valence-electron chi connectivity index (χ1n) is 5.27. The number of pyridine rings is 1. The summed E-state index contributed by atoms with van der Waals surface area (Å²) in [4.78, 5) is 4.49. The molecule has 0 amide bonds. The number of hydrogen-bond acceptors (Lipinski definition) is 2. The topological polar surface area (TPSA) is 24.9 Å². The largest absolute Gasteiger partial charge is 0.309 e. The molecule has 0 bridgehead atoms. The van der Waals surface area contributed by atoms with Crippen molar-refractivity contribution in [2.75, 3.05) is 0 Å². The van der Waals surface area contributed by atoms with Crippen molar-refractivity contribution in [3.63, 3.8) is 0 Å². The Morgan fingerprint density at radius 2 is 1.81 bits per heavy atom. The number of halogens is 1. The molecule has 0 radical (unpaired) electrons. The second-order valence-electron chi connectivity index (χ2n) is 3.95. The second kappa shape index (κ2) is 4.00. The molecule has 80 valence electrons. The average Bonchev–Trinajstić information content (AvgIpc) is 2.77. The molecule has 0 aliphatic carbocycles. The van der Waals surface area contributed by atoms with Gasteiger partial charge in [0, 0.05) is 29.3 Å². The molecule has 1 aliphatic heterocycles. The summed E-state index contributed by atoms with van der Waals surface area (Å²) < 4.78 is 1.10. The van der Waals surface area contributed by atoms with Gasteiger partial charge in [0.1, 0.15) is 0 Å². The highest BCUT2D eigenvalue weighted by molar-refractivity contribution is 9.10. The first kappa shape index (κ1) is 10.00. The molecule has 2 nitrogen and oxygen atoms in total. The minimum Gasteiger partial charge on any atom is -0.309 e. The second-order valence-corrected chi connectivity index (χ2v) is 4.86. The zero-order chi connectivity index (χ0) is 11.0. The third kappa shape index (κ3) is 1.77. The summed E-state index contributed by atoms with van der Waals surface area (Å²) in [6, 6.07) is 10.4. The molecule has 3 heteroatoms. The van der Waals surface area contributed by atoms with E-state index in [0.717, 1.165) is 28.8 Å². The van der Waals surface area contributed by atoms with Gasteiger partial charge in [-0.1, -0.05) is 28.1 Å². The molecule has 16 heavy (non-hydrogen) atoms. The molecule has 1 aromatic heterocycles. The van der Waals surface area contributed by atoms with Crippen molar-refractivity contribution in [3.8, 4) is 11.3 Å². The van der Waals surface area contributed by atoms with Gasteiger partial charge in [0.05, 0.1) is 5.69 Å². The number of nitrogens with zero attached hydrogens (tertiary/aromatic N) is 1. The minimum atomic E-state index is 0.947. The summed E-state index contributed by atoms with van der Waals surface area (Å²) in [6.45, 7) is 1.91. The summed E-state index contributed by atoms with van der Waals surface area (Å²) in [7, 11) is 0. The maximum Gasteiger partial charge on any atom is 0.0705 e. The smallest absolute Gasteiger partial charge is 0.0705 e. The fourth-order valence-electron chi connectivity index (χ4n) is 1.96. The van der Waals surface area contributed by atoms with Gasteiger partial charge >= 0.3 is 0 Å².